The molecule has 3 aromatic rings. The minimum Gasteiger partial charge on any atom is -0.494 e. The quantitative estimate of drug-likeness (QED) is 0.684. The number of H-pyrrole nitrogens is 1. The van der Waals surface area contributed by atoms with E-state index in [0.717, 1.165) is 0 Å². The number of nitrogens with zero attached hydrogens (tertiary/aromatic N) is 1. The van der Waals surface area contributed by atoms with Gasteiger partial charge in [-0.2, -0.15) is 5.26 Å². The van der Waals surface area contributed by atoms with Gasteiger partial charge in [0.05, 0.1) is 13.2 Å². The summed E-state index contributed by atoms with van der Waals surface area (Å²) in [7, 11) is 0. The molecule has 2 aromatic carbocycles. The summed E-state index contributed by atoms with van der Waals surface area (Å²) >= 11 is 0. The maximum Gasteiger partial charge on any atom is 0.266 e. The van der Waals surface area contributed by atoms with Crippen molar-refractivity contribution in [1.82, 2.24) is 4.98 Å². The normalized spacial score (nSPS) is 10.4. The number of aromatic amines is 1. The summed E-state index contributed by atoms with van der Waals surface area (Å²) in [6.07, 6.45) is 0. The van der Waals surface area contributed by atoms with Gasteiger partial charge in [-0.15, -0.1) is 0 Å². The van der Waals surface area contributed by atoms with Crippen LogP contribution in [0, 0.1) is 17.1 Å². The second-order valence-electron chi connectivity index (χ2n) is 5.94. The maximum absolute atomic E-state index is 13.3. The van der Waals surface area contributed by atoms with Crippen LogP contribution in [-0.4, -0.2) is 18.2 Å². The number of nitrogens with one attached hydrogen (secondary N) is 1. The molecular formula is C22H19FN2O3. The van der Waals surface area contributed by atoms with E-state index in [1.807, 2.05) is 19.9 Å². The fourth-order valence-electron chi connectivity index (χ4n) is 2.93. The number of halogens is 1. The van der Waals surface area contributed by atoms with Gasteiger partial charge in [-0.3, -0.25) is 4.79 Å². The number of benzene rings is 2. The molecule has 0 saturated heterocycles. The van der Waals surface area contributed by atoms with Gasteiger partial charge in [-0.25, -0.2) is 4.39 Å². The summed E-state index contributed by atoms with van der Waals surface area (Å²) in [6, 6.07) is 14.7. The van der Waals surface area contributed by atoms with E-state index in [9.17, 15) is 14.4 Å². The Kier molecular flexibility index (Phi) is 5.75. The molecule has 0 amide bonds. The fraction of sp³-hybridized carbons (Fsp3) is 0.182. The lowest BCUT2D eigenvalue weighted by Gasteiger charge is -2.14. The first-order valence-electron chi connectivity index (χ1n) is 8.90. The zero-order valence-corrected chi connectivity index (χ0v) is 15.6. The Morgan fingerprint density at radius 1 is 1.00 bits per heavy atom. The predicted molar refractivity (Wildman–Crippen MR) is 105 cm³/mol. The highest BCUT2D eigenvalue weighted by Crippen LogP contribution is 2.36. The molecule has 0 radical (unpaired) electrons. The van der Waals surface area contributed by atoms with Crippen LogP contribution in [0.5, 0.6) is 11.5 Å². The van der Waals surface area contributed by atoms with E-state index in [1.54, 1.807) is 36.4 Å². The maximum atomic E-state index is 13.3. The number of rotatable bonds is 6. The van der Waals surface area contributed by atoms with E-state index in [2.05, 4.69) is 4.98 Å². The zero-order chi connectivity index (χ0) is 20.1. The van der Waals surface area contributed by atoms with Gasteiger partial charge >= 0.3 is 0 Å². The smallest absolute Gasteiger partial charge is 0.266 e. The fourth-order valence-corrected chi connectivity index (χ4v) is 2.93. The molecule has 3 rings (SSSR count). The number of nitriles is 1. The van der Waals surface area contributed by atoms with E-state index < -0.39 is 5.56 Å². The van der Waals surface area contributed by atoms with Crippen molar-refractivity contribution in [2.75, 3.05) is 13.2 Å². The van der Waals surface area contributed by atoms with Gasteiger partial charge in [-0.1, -0.05) is 0 Å². The summed E-state index contributed by atoms with van der Waals surface area (Å²) in [6.45, 7) is 4.63. The first-order chi connectivity index (χ1) is 13.6. The highest BCUT2D eigenvalue weighted by Gasteiger charge is 2.17. The molecule has 0 atom stereocenters. The van der Waals surface area contributed by atoms with Crippen LogP contribution in [0.15, 0.2) is 53.3 Å². The SMILES string of the molecule is CCOc1ccc(OCC)c(-c2cc(-c3ccc(F)cc3)[nH]c(=O)c2C#N)c1. The second kappa shape index (κ2) is 8.40. The molecule has 0 aliphatic carbocycles. The molecule has 0 saturated carbocycles. The van der Waals surface area contributed by atoms with Crippen molar-refractivity contribution < 1.29 is 13.9 Å². The number of pyridine rings is 1. The lowest BCUT2D eigenvalue weighted by Crippen LogP contribution is -2.13. The monoisotopic (exact) mass is 378 g/mol. The Balaban J connectivity index is 2.25. The molecule has 0 unspecified atom stereocenters. The molecule has 0 aliphatic heterocycles. The third kappa shape index (κ3) is 3.89. The molecular weight excluding hydrogens is 359 g/mol. The molecule has 0 aliphatic rings. The van der Waals surface area contributed by atoms with E-state index in [0.29, 0.717) is 47.1 Å². The van der Waals surface area contributed by atoms with Crippen LogP contribution in [-0.2, 0) is 0 Å². The third-order valence-electron chi connectivity index (χ3n) is 4.15. The van der Waals surface area contributed by atoms with Crippen molar-refractivity contribution in [3.63, 3.8) is 0 Å². The number of hydrogen-bond donors (Lipinski definition) is 1. The van der Waals surface area contributed by atoms with Gasteiger partial charge in [0, 0.05) is 16.8 Å². The van der Waals surface area contributed by atoms with Crippen molar-refractivity contribution >= 4 is 0 Å². The van der Waals surface area contributed by atoms with Crippen molar-refractivity contribution in [2.24, 2.45) is 0 Å². The van der Waals surface area contributed by atoms with Gasteiger partial charge < -0.3 is 14.5 Å². The highest BCUT2D eigenvalue weighted by molar-refractivity contribution is 5.80. The van der Waals surface area contributed by atoms with E-state index >= 15 is 0 Å². The molecule has 1 N–H and O–H groups in total. The average Bonchev–Trinajstić information content (AvgIpc) is 2.69. The van der Waals surface area contributed by atoms with Gasteiger partial charge in [0.1, 0.15) is 28.9 Å². The molecule has 142 valence electrons. The summed E-state index contributed by atoms with van der Waals surface area (Å²) in [5.41, 5.74) is 1.56. The standard InChI is InChI=1S/C22H19FN2O3/c1-3-27-16-9-10-21(28-4-2)18(11-16)17-12-20(25-22(26)19(17)13-24)14-5-7-15(23)8-6-14/h5-12H,3-4H2,1-2H3,(H,25,26). The lowest BCUT2D eigenvalue weighted by atomic mass is 9.98. The molecule has 0 bridgehead atoms. The van der Waals surface area contributed by atoms with Gasteiger partial charge in [0.25, 0.3) is 5.56 Å². The Hall–Kier alpha value is -3.59. The van der Waals surface area contributed by atoms with Crippen molar-refractivity contribution in [3.05, 3.63) is 70.3 Å². The molecule has 0 spiro atoms. The Bertz CT molecular complexity index is 1080. The Morgan fingerprint density at radius 2 is 1.71 bits per heavy atom. The molecule has 6 heteroatoms. The first-order valence-corrected chi connectivity index (χ1v) is 8.90. The van der Waals surface area contributed by atoms with Crippen LogP contribution < -0.4 is 15.0 Å². The van der Waals surface area contributed by atoms with Gasteiger partial charge in [-0.05, 0) is 67.9 Å². The van der Waals surface area contributed by atoms with Crippen molar-refractivity contribution in [1.29, 1.82) is 5.26 Å². The largest absolute Gasteiger partial charge is 0.494 e. The summed E-state index contributed by atoms with van der Waals surface area (Å²) in [5.74, 6) is 0.773. The van der Waals surface area contributed by atoms with E-state index in [-0.39, 0.29) is 11.4 Å². The number of hydrogen-bond acceptors (Lipinski definition) is 4. The van der Waals surface area contributed by atoms with Crippen LogP contribution in [0.3, 0.4) is 0 Å². The predicted octanol–water partition coefficient (Wildman–Crippen LogP) is 4.52. The topological polar surface area (TPSA) is 75.1 Å². The first kappa shape index (κ1) is 19.2. The summed E-state index contributed by atoms with van der Waals surface area (Å²) < 4.78 is 24.5. The van der Waals surface area contributed by atoms with Crippen molar-refractivity contribution in [2.45, 2.75) is 13.8 Å². The Morgan fingerprint density at radius 3 is 2.36 bits per heavy atom. The zero-order valence-electron chi connectivity index (χ0n) is 15.6. The molecule has 1 heterocycles. The van der Waals surface area contributed by atoms with Gasteiger partial charge in [0.2, 0.25) is 0 Å². The molecule has 0 fully saturated rings. The molecule has 1 aromatic heterocycles. The average molecular weight is 378 g/mol. The summed E-state index contributed by atoms with van der Waals surface area (Å²) in [4.78, 5) is 15.3. The third-order valence-corrected chi connectivity index (χ3v) is 4.15. The second-order valence-corrected chi connectivity index (χ2v) is 5.94. The molecule has 28 heavy (non-hydrogen) atoms. The summed E-state index contributed by atoms with van der Waals surface area (Å²) in [5, 5.41) is 9.56. The Labute approximate surface area is 162 Å². The van der Waals surface area contributed by atoms with Crippen LogP contribution in [0.25, 0.3) is 22.4 Å². The minimum absolute atomic E-state index is 0.0273. The minimum atomic E-state index is -0.524. The van der Waals surface area contributed by atoms with E-state index in [1.165, 1.54) is 12.1 Å². The van der Waals surface area contributed by atoms with Crippen LogP contribution in [0.4, 0.5) is 4.39 Å². The van der Waals surface area contributed by atoms with E-state index in [4.69, 9.17) is 9.47 Å². The van der Waals surface area contributed by atoms with Gasteiger partial charge in [0.15, 0.2) is 0 Å². The molecule has 5 nitrogen and oxygen atoms in total. The number of aromatic nitrogens is 1. The highest BCUT2D eigenvalue weighted by atomic mass is 19.1. The lowest BCUT2D eigenvalue weighted by molar-refractivity contribution is 0.331. The number of ether oxygens (including phenoxy) is 2. The van der Waals surface area contributed by atoms with Crippen LogP contribution in [0.1, 0.15) is 19.4 Å². The van der Waals surface area contributed by atoms with Crippen LogP contribution in [0.2, 0.25) is 0 Å². The van der Waals surface area contributed by atoms with Crippen LogP contribution >= 0.6 is 0 Å². The van der Waals surface area contributed by atoms with Crippen molar-refractivity contribution in [3.8, 4) is 40.0 Å².